The van der Waals surface area contributed by atoms with E-state index in [1.165, 1.54) is 19.3 Å². The molecule has 1 aliphatic rings. The van der Waals surface area contributed by atoms with Crippen LogP contribution in [0.3, 0.4) is 0 Å². The van der Waals surface area contributed by atoms with Crippen LogP contribution in [0, 0.1) is 0 Å². The van der Waals surface area contributed by atoms with Gasteiger partial charge in [0.1, 0.15) is 0 Å². The second-order valence-electron chi connectivity index (χ2n) is 5.39. The zero-order valence-corrected chi connectivity index (χ0v) is 11.8. The van der Waals surface area contributed by atoms with Gasteiger partial charge in [0.15, 0.2) is 0 Å². The molecule has 1 heterocycles. The van der Waals surface area contributed by atoms with Gasteiger partial charge in [-0.25, -0.2) is 0 Å². The van der Waals surface area contributed by atoms with Crippen LogP contribution in [0.1, 0.15) is 51.3 Å². The first-order valence-corrected chi connectivity index (χ1v) is 6.99. The molecule has 18 heavy (non-hydrogen) atoms. The summed E-state index contributed by atoms with van der Waals surface area (Å²) in [6.45, 7) is 6.13. The molecule has 1 aliphatic carbocycles. The predicted octanol–water partition coefficient (Wildman–Crippen LogP) is 2.51. The van der Waals surface area contributed by atoms with Crippen molar-refractivity contribution < 1.29 is 4.74 Å². The minimum atomic E-state index is 0.0965. The number of methoxy groups -OCH3 is 1. The van der Waals surface area contributed by atoms with Gasteiger partial charge in [-0.2, -0.15) is 5.10 Å². The van der Waals surface area contributed by atoms with Crippen LogP contribution in [-0.4, -0.2) is 29.0 Å². The van der Waals surface area contributed by atoms with Gasteiger partial charge in [0.05, 0.1) is 11.3 Å². The van der Waals surface area contributed by atoms with E-state index in [4.69, 9.17) is 4.74 Å². The first kappa shape index (κ1) is 13.6. The fourth-order valence-corrected chi connectivity index (χ4v) is 2.35. The first-order valence-electron chi connectivity index (χ1n) is 6.99. The molecule has 0 radical (unpaired) electrons. The van der Waals surface area contributed by atoms with Crippen LogP contribution >= 0.6 is 0 Å². The third-order valence-corrected chi connectivity index (χ3v) is 4.16. The van der Waals surface area contributed by atoms with Crippen LogP contribution in [0.15, 0.2) is 12.3 Å². The van der Waals surface area contributed by atoms with Crippen molar-refractivity contribution in [1.29, 1.82) is 0 Å². The number of hydrogen-bond donors (Lipinski definition) is 1. The Labute approximate surface area is 110 Å². The molecule has 4 heteroatoms. The molecule has 4 nitrogen and oxygen atoms in total. The number of nitrogens with one attached hydrogen (secondary N) is 1. The second-order valence-corrected chi connectivity index (χ2v) is 5.39. The predicted molar refractivity (Wildman–Crippen MR) is 72.5 cm³/mol. The van der Waals surface area contributed by atoms with Crippen molar-refractivity contribution in [2.24, 2.45) is 0 Å². The number of hydrogen-bond acceptors (Lipinski definition) is 3. The SMILES string of the molecule is CCC(C)n1ccc(CNCC2(OC)CCC2)n1. The van der Waals surface area contributed by atoms with Gasteiger partial charge in [0.25, 0.3) is 0 Å². The van der Waals surface area contributed by atoms with Gasteiger partial charge in [-0.1, -0.05) is 6.92 Å². The maximum atomic E-state index is 5.58. The molecule has 0 amide bonds. The fourth-order valence-electron chi connectivity index (χ4n) is 2.35. The maximum Gasteiger partial charge on any atom is 0.0802 e. The van der Waals surface area contributed by atoms with Crippen LogP contribution in [0.2, 0.25) is 0 Å². The lowest BCUT2D eigenvalue weighted by Gasteiger charge is -2.40. The Hall–Kier alpha value is -0.870. The summed E-state index contributed by atoms with van der Waals surface area (Å²) in [7, 11) is 1.82. The molecule has 0 aromatic carbocycles. The molecule has 0 aliphatic heterocycles. The van der Waals surface area contributed by atoms with Crippen molar-refractivity contribution >= 4 is 0 Å². The molecule has 0 saturated heterocycles. The lowest BCUT2D eigenvalue weighted by atomic mass is 9.80. The normalized spacial score (nSPS) is 19.5. The smallest absolute Gasteiger partial charge is 0.0802 e. The van der Waals surface area contributed by atoms with Crippen molar-refractivity contribution in [3.63, 3.8) is 0 Å². The standard InChI is InChI=1S/C14H25N3O/c1-4-12(2)17-9-6-13(16-17)10-15-11-14(18-3)7-5-8-14/h6,9,12,15H,4-5,7-8,10-11H2,1-3H3. The molecule has 0 bridgehead atoms. The Morgan fingerprint density at radius 3 is 2.89 bits per heavy atom. The van der Waals surface area contributed by atoms with Gasteiger partial charge < -0.3 is 10.1 Å². The van der Waals surface area contributed by atoms with Crippen LogP contribution in [0.4, 0.5) is 0 Å². The van der Waals surface area contributed by atoms with Crippen molar-refractivity contribution in [2.45, 2.75) is 57.7 Å². The zero-order chi connectivity index (χ0) is 13.0. The number of aromatic nitrogens is 2. The monoisotopic (exact) mass is 251 g/mol. The second kappa shape index (κ2) is 5.85. The first-order chi connectivity index (χ1) is 8.69. The lowest BCUT2D eigenvalue weighted by Crippen LogP contribution is -2.47. The molecule has 1 atom stereocenters. The average Bonchev–Trinajstić information content (AvgIpc) is 2.80. The number of nitrogens with zero attached hydrogens (tertiary/aromatic N) is 2. The summed E-state index contributed by atoms with van der Waals surface area (Å²) in [5.74, 6) is 0. The molecule has 1 unspecified atom stereocenters. The third kappa shape index (κ3) is 2.93. The summed E-state index contributed by atoms with van der Waals surface area (Å²) in [5.41, 5.74) is 1.21. The molecular formula is C14H25N3O. The molecule has 1 aromatic rings. The highest BCUT2D eigenvalue weighted by molar-refractivity contribution is 5.00. The Bertz CT molecular complexity index is 365. The van der Waals surface area contributed by atoms with Crippen LogP contribution in [-0.2, 0) is 11.3 Å². The van der Waals surface area contributed by atoms with E-state index in [-0.39, 0.29) is 5.60 Å². The summed E-state index contributed by atoms with van der Waals surface area (Å²) in [4.78, 5) is 0. The summed E-state index contributed by atoms with van der Waals surface area (Å²) < 4.78 is 7.63. The molecule has 102 valence electrons. The van der Waals surface area contributed by atoms with E-state index in [9.17, 15) is 0 Å². The topological polar surface area (TPSA) is 39.1 Å². The van der Waals surface area contributed by atoms with E-state index in [0.29, 0.717) is 6.04 Å². The van der Waals surface area contributed by atoms with Gasteiger partial charge >= 0.3 is 0 Å². The quantitative estimate of drug-likeness (QED) is 0.809. The Balaban J connectivity index is 1.78. The molecule has 1 saturated carbocycles. The lowest BCUT2D eigenvalue weighted by molar-refractivity contribution is -0.0695. The Kier molecular flexibility index (Phi) is 4.40. The third-order valence-electron chi connectivity index (χ3n) is 4.16. The summed E-state index contributed by atoms with van der Waals surface area (Å²) in [5, 5.41) is 8.05. The average molecular weight is 251 g/mol. The summed E-state index contributed by atoms with van der Waals surface area (Å²) >= 11 is 0. The van der Waals surface area contributed by atoms with Crippen LogP contribution < -0.4 is 5.32 Å². The highest BCUT2D eigenvalue weighted by Crippen LogP contribution is 2.34. The molecule has 1 aromatic heterocycles. The van der Waals surface area contributed by atoms with Gasteiger partial charge in [-0.3, -0.25) is 4.68 Å². The zero-order valence-electron chi connectivity index (χ0n) is 11.8. The Morgan fingerprint density at radius 1 is 1.56 bits per heavy atom. The van der Waals surface area contributed by atoms with Crippen LogP contribution in [0.25, 0.3) is 0 Å². The Morgan fingerprint density at radius 2 is 2.33 bits per heavy atom. The maximum absolute atomic E-state index is 5.58. The molecule has 1 fully saturated rings. The molecule has 2 rings (SSSR count). The summed E-state index contributed by atoms with van der Waals surface area (Å²) in [6, 6.07) is 2.58. The van der Waals surface area contributed by atoms with Crippen molar-refractivity contribution in [1.82, 2.24) is 15.1 Å². The van der Waals surface area contributed by atoms with Gasteiger partial charge in [0.2, 0.25) is 0 Å². The van der Waals surface area contributed by atoms with E-state index >= 15 is 0 Å². The van der Waals surface area contributed by atoms with Gasteiger partial charge in [-0.15, -0.1) is 0 Å². The largest absolute Gasteiger partial charge is 0.377 e. The highest BCUT2D eigenvalue weighted by atomic mass is 16.5. The summed E-state index contributed by atoms with van der Waals surface area (Å²) in [6.07, 6.45) is 6.83. The van der Waals surface area contributed by atoms with E-state index in [0.717, 1.165) is 25.2 Å². The van der Waals surface area contributed by atoms with Crippen molar-refractivity contribution in [3.8, 4) is 0 Å². The fraction of sp³-hybridized carbons (Fsp3) is 0.786. The van der Waals surface area contributed by atoms with Crippen LogP contribution in [0.5, 0.6) is 0 Å². The van der Waals surface area contributed by atoms with E-state index < -0.39 is 0 Å². The molecule has 0 spiro atoms. The minimum Gasteiger partial charge on any atom is -0.377 e. The molecule has 1 N–H and O–H groups in total. The van der Waals surface area contributed by atoms with Gasteiger partial charge in [-0.05, 0) is 38.7 Å². The van der Waals surface area contributed by atoms with Crippen molar-refractivity contribution in [2.75, 3.05) is 13.7 Å². The highest BCUT2D eigenvalue weighted by Gasteiger charge is 2.36. The number of ether oxygens (including phenoxy) is 1. The number of rotatable bonds is 7. The van der Waals surface area contributed by atoms with E-state index in [1.807, 2.05) is 11.8 Å². The van der Waals surface area contributed by atoms with E-state index in [2.05, 4.69) is 36.5 Å². The van der Waals surface area contributed by atoms with E-state index in [1.54, 1.807) is 0 Å². The molecular weight excluding hydrogens is 226 g/mol. The van der Waals surface area contributed by atoms with Gasteiger partial charge in [0, 0.05) is 32.4 Å². The van der Waals surface area contributed by atoms with Crippen molar-refractivity contribution in [3.05, 3.63) is 18.0 Å². The minimum absolute atomic E-state index is 0.0965.